The average molecular weight is 249 g/mol. The predicted octanol–water partition coefficient (Wildman–Crippen LogP) is 3.28. The smallest absolute Gasteiger partial charge is 0.0975 e. The first-order valence-electron chi connectivity index (χ1n) is 6.13. The van der Waals surface area contributed by atoms with Gasteiger partial charge in [-0.2, -0.15) is 10.5 Å². The Morgan fingerprint density at radius 2 is 1.37 bits per heavy atom. The minimum Gasteiger partial charge on any atom is -0.361 e. The Kier molecular flexibility index (Phi) is 3.40. The van der Waals surface area contributed by atoms with Crippen molar-refractivity contribution in [2.24, 2.45) is 0 Å². The highest BCUT2D eigenvalue weighted by Crippen LogP contribution is 2.37. The maximum absolute atomic E-state index is 9.37. The highest BCUT2D eigenvalue weighted by atomic mass is 14.9. The van der Waals surface area contributed by atoms with E-state index in [2.05, 4.69) is 17.5 Å². The van der Waals surface area contributed by atoms with Crippen LogP contribution in [0.25, 0.3) is 0 Å². The second kappa shape index (κ2) is 5.00. The van der Waals surface area contributed by atoms with Gasteiger partial charge in [0, 0.05) is 11.4 Å². The maximum atomic E-state index is 9.37. The number of hydrogen-bond donors (Lipinski definition) is 1. The summed E-state index contributed by atoms with van der Waals surface area (Å²) in [6.45, 7) is 5.76. The molecule has 0 radical (unpaired) electrons. The molecule has 0 saturated heterocycles. The molecule has 0 amide bonds. The van der Waals surface area contributed by atoms with E-state index < -0.39 is 0 Å². The number of nitrogens with one attached hydrogen (secondary N) is 1. The van der Waals surface area contributed by atoms with Crippen LogP contribution in [0.4, 0.5) is 0 Å². The Bertz CT molecular complexity index is 613. The van der Waals surface area contributed by atoms with E-state index in [1.807, 2.05) is 45.0 Å². The summed E-state index contributed by atoms with van der Waals surface area (Å²) < 4.78 is 0. The standard InChI is InChI=1S/C16H15N3/c1-10-4-6-13(7-5-10)16-14(8-17)11(2)19-12(3)15(16)9-18/h4-7,16,19H,1-3H3. The summed E-state index contributed by atoms with van der Waals surface area (Å²) in [7, 11) is 0. The number of hydrogen-bond acceptors (Lipinski definition) is 3. The van der Waals surface area contributed by atoms with Crippen LogP contribution in [-0.2, 0) is 0 Å². The number of benzene rings is 1. The Morgan fingerprint density at radius 3 is 1.79 bits per heavy atom. The monoisotopic (exact) mass is 249 g/mol. The van der Waals surface area contributed by atoms with Crippen LogP contribution in [0, 0.1) is 29.6 Å². The van der Waals surface area contributed by atoms with E-state index in [4.69, 9.17) is 0 Å². The Hall–Kier alpha value is -2.52. The van der Waals surface area contributed by atoms with E-state index in [0.717, 1.165) is 22.5 Å². The van der Waals surface area contributed by atoms with Crippen molar-refractivity contribution in [2.75, 3.05) is 0 Å². The molecule has 19 heavy (non-hydrogen) atoms. The summed E-state index contributed by atoms with van der Waals surface area (Å²) in [5, 5.41) is 21.8. The zero-order valence-electron chi connectivity index (χ0n) is 11.3. The lowest BCUT2D eigenvalue weighted by Gasteiger charge is -2.26. The average Bonchev–Trinajstić information content (AvgIpc) is 2.39. The van der Waals surface area contributed by atoms with Gasteiger partial charge < -0.3 is 5.32 Å². The number of nitrogens with zero attached hydrogens (tertiary/aromatic N) is 2. The molecular formula is C16H15N3. The van der Waals surface area contributed by atoms with E-state index >= 15 is 0 Å². The van der Waals surface area contributed by atoms with Crippen LogP contribution >= 0.6 is 0 Å². The second-order valence-corrected chi connectivity index (χ2v) is 4.77. The molecule has 0 aromatic heterocycles. The van der Waals surface area contributed by atoms with Crippen molar-refractivity contribution >= 4 is 0 Å². The fraction of sp³-hybridized carbons (Fsp3) is 0.250. The van der Waals surface area contributed by atoms with Crippen molar-refractivity contribution in [2.45, 2.75) is 26.7 Å². The lowest BCUT2D eigenvalue weighted by atomic mass is 9.81. The summed E-state index contributed by atoms with van der Waals surface area (Å²) in [6, 6.07) is 12.5. The van der Waals surface area contributed by atoms with Gasteiger partial charge in [0.15, 0.2) is 0 Å². The molecule has 0 aliphatic carbocycles. The molecular weight excluding hydrogens is 234 g/mol. The minimum atomic E-state index is -0.253. The number of nitriles is 2. The topological polar surface area (TPSA) is 59.6 Å². The maximum Gasteiger partial charge on any atom is 0.0975 e. The third-order valence-electron chi connectivity index (χ3n) is 3.41. The van der Waals surface area contributed by atoms with Crippen LogP contribution in [0.1, 0.15) is 30.9 Å². The largest absolute Gasteiger partial charge is 0.361 e. The summed E-state index contributed by atoms with van der Waals surface area (Å²) >= 11 is 0. The lowest BCUT2D eigenvalue weighted by molar-refractivity contribution is 0.814. The van der Waals surface area contributed by atoms with E-state index in [-0.39, 0.29) is 5.92 Å². The lowest BCUT2D eigenvalue weighted by Crippen LogP contribution is -2.23. The molecule has 0 unspecified atom stereocenters. The van der Waals surface area contributed by atoms with E-state index in [0.29, 0.717) is 11.1 Å². The first-order chi connectivity index (χ1) is 9.08. The second-order valence-electron chi connectivity index (χ2n) is 4.77. The Balaban J connectivity index is 2.61. The van der Waals surface area contributed by atoms with Gasteiger partial charge in [0.05, 0.1) is 29.2 Å². The molecule has 0 fully saturated rings. The molecule has 94 valence electrons. The summed E-state index contributed by atoms with van der Waals surface area (Å²) in [4.78, 5) is 0. The molecule has 0 atom stereocenters. The summed E-state index contributed by atoms with van der Waals surface area (Å²) in [6.07, 6.45) is 0. The molecule has 1 heterocycles. The molecule has 1 aliphatic heterocycles. The van der Waals surface area contributed by atoms with Gasteiger partial charge in [-0.05, 0) is 26.3 Å². The summed E-state index contributed by atoms with van der Waals surface area (Å²) in [5.41, 5.74) is 5.03. The van der Waals surface area contributed by atoms with Gasteiger partial charge in [-0.3, -0.25) is 0 Å². The Labute approximate surface area is 113 Å². The SMILES string of the molecule is CC1=C(C#N)C(c2ccc(C)cc2)C(C#N)=C(C)N1. The number of dihydropyridines is 1. The summed E-state index contributed by atoms with van der Waals surface area (Å²) in [5.74, 6) is -0.253. The highest BCUT2D eigenvalue weighted by molar-refractivity contribution is 5.55. The molecule has 0 spiro atoms. The van der Waals surface area contributed by atoms with Gasteiger partial charge in [0.2, 0.25) is 0 Å². The van der Waals surface area contributed by atoms with Crippen molar-refractivity contribution in [1.29, 1.82) is 10.5 Å². The Morgan fingerprint density at radius 1 is 0.895 bits per heavy atom. The van der Waals surface area contributed by atoms with Gasteiger partial charge in [-0.25, -0.2) is 0 Å². The van der Waals surface area contributed by atoms with Crippen molar-refractivity contribution in [3.8, 4) is 12.1 Å². The quantitative estimate of drug-likeness (QED) is 0.830. The van der Waals surface area contributed by atoms with Gasteiger partial charge in [-0.1, -0.05) is 29.8 Å². The molecule has 1 aromatic carbocycles. The van der Waals surface area contributed by atoms with Crippen molar-refractivity contribution in [3.05, 3.63) is 57.9 Å². The van der Waals surface area contributed by atoms with Gasteiger partial charge in [0.25, 0.3) is 0 Å². The third kappa shape index (κ3) is 2.23. The minimum absolute atomic E-state index is 0.253. The van der Waals surface area contributed by atoms with Crippen molar-refractivity contribution < 1.29 is 0 Å². The fourth-order valence-corrected chi connectivity index (χ4v) is 2.38. The molecule has 2 rings (SSSR count). The first kappa shape index (κ1) is 12.9. The van der Waals surface area contributed by atoms with Crippen LogP contribution in [0.15, 0.2) is 46.8 Å². The normalized spacial score (nSPS) is 15.8. The zero-order valence-corrected chi connectivity index (χ0v) is 11.3. The van der Waals surface area contributed by atoms with Crippen LogP contribution in [0.5, 0.6) is 0 Å². The zero-order chi connectivity index (χ0) is 14.0. The molecule has 3 nitrogen and oxygen atoms in total. The van der Waals surface area contributed by atoms with Crippen LogP contribution < -0.4 is 5.32 Å². The van der Waals surface area contributed by atoms with Gasteiger partial charge >= 0.3 is 0 Å². The molecule has 1 aliphatic rings. The van der Waals surface area contributed by atoms with E-state index in [1.165, 1.54) is 0 Å². The van der Waals surface area contributed by atoms with Crippen LogP contribution in [-0.4, -0.2) is 0 Å². The van der Waals surface area contributed by atoms with Gasteiger partial charge in [-0.15, -0.1) is 0 Å². The number of allylic oxidation sites excluding steroid dienone is 4. The van der Waals surface area contributed by atoms with Crippen LogP contribution in [0.2, 0.25) is 0 Å². The fourth-order valence-electron chi connectivity index (χ4n) is 2.38. The molecule has 1 aromatic rings. The predicted molar refractivity (Wildman–Crippen MR) is 73.7 cm³/mol. The molecule has 0 bridgehead atoms. The number of rotatable bonds is 1. The third-order valence-corrected chi connectivity index (χ3v) is 3.41. The molecule has 0 saturated carbocycles. The van der Waals surface area contributed by atoms with Crippen LogP contribution in [0.3, 0.4) is 0 Å². The highest BCUT2D eigenvalue weighted by Gasteiger charge is 2.28. The van der Waals surface area contributed by atoms with Gasteiger partial charge in [0.1, 0.15) is 0 Å². The first-order valence-corrected chi connectivity index (χ1v) is 6.13. The van der Waals surface area contributed by atoms with E-state index in [9.17, 15) is 10.5 Å². The molecule has 1 N–H and O–H groups in total. The van der Waals surface area contributed by atoms with Crippen molar-refractivity contribution in [3.63, 3.8) is 0 Å². The van der Waals surface area contributed by atoms with E-state index in [1.54, 1.807) is 0 Å². The molecule has 3 heteroatoms. The van der Waals surface area contributed by atoms with Crippen molar-refractivity contribution in [1.82, 2.24) is 5.32 Å². The number of aryl methyl sites for hydroxylation is 1.